The van der Waals surface area contributed by atoms with E-state index in [4.69, 9.17) is 14.7 Å². The first-order valence-electron chi connectivity index (χ1n) is 10.5. The van der Waals surface area contributed by atoms with Gasteiger partial charge in [0.15, 0.2) is 0 Å². The quantitative estimate of drug-likeness (QED) is 0.539. The number of aryl methyl sites for hydroxylation is 4. The molecule has 6 heteroatoms. The van der Waals surface area contributed by atoms with E-state index in [0.29, 0.717) is 0 Å². The average Bonchev–Trinajstić information content (AvgIpc) is 3.10. The van der Waals surface area contributed by atoms with Gasteiger partial charge in [-0.1, -0.05) is 17.8 Å². The van der Waals surface area contributed by atoms with Crippen molar-refractivity contribution in [3.8, 4) is 0 Å². The highest BCUT2D eigenvalue weighted by atomic mass is 32.2. The van der Waals surface area contributed by atoms with E-state index in [2.05, 4.69) is 36.9 Å². The Morgan fingerprint density at radius 3 is 2.72 bits per heavy atom. The van der Waals surface area contributed by atoms with Crippen LogP contribution in [0.2, 0.25) is 0 Å². The lowest BCUT2D eigenvalue weighted by Gasteiger charge is -2.25. The summed E-state index contributed by atoms with van der Waals surface area (Å²) in [4.78, 5) is 16.5. The highest BCUT2D eigenvalue weighted by Crippen LogP contribution is 2.41. The third-order valence-corrected chi connectivity index (χ3v) is 8.15. The standard InChI is InChI=1S/C23H27N3OS2/c1-15-7-8-17(13-16(15)2)28-22-21-18-5-3-4-6-19(18)29-23(21)25-20(24-22)14-26-9-11-27-12-10-26/h7-8,13H,3-6,9-12,14H2,1-2H3. The van der Waals surface area contributed by atoms with Crippen LogP contribution in [0.25, 0.3) is 10.2 Å². The molecule has 1 aromatic carbocycles. The molecule has 2 aromatic heterocycles. The van der Waals surface area contributed by atoms with Crippen molar-refractivity contribution in [2.24, 2.45) is 0 Å². The number of hydrogen-bond donors (Lipinski definition) is 0. The van der Waals surface area contributed by atoms with Gasteiger partial charge in [0.2, 0.25) is 0 Å². The predicted octanol–water partition coefficient (Wildman–Crippen LogP) is 5.17. The van der Waals surface area contributed by atoms with Crippen molar-refractivity contribution in [3.63, 3.8) is 0 Å². The van der Waals surface area contributed by atoms with Crippen molar-refractivity contribution in [2.45, 2.75) is 56.0 Å². The van der Waals surface area contributed by atoms with E-state index in [9.17, 15) is 0 Å². The van der Waals surface area contributed by atoms with Crippen LogP contribution in [-0.2, 0) is 24.1 Å². The molecule has 0 radical (unpaired) electrons. The van der Waals surface area contributed by atoms with Crippen molar-refractivity contribution in [3.05, 3.63) is 45.6 Å². The van der Waals surface area contributed by atoms with Crippen molar-refractivity contribution in [1.82, 2.24) is 14.9 Å². The van der Waals surface area contributed by atoms with Gasteiger partial charge in [0.25, 0.3) is 0 Å². The van der Waals surface area contributed by atoms with Crippen molar-refractivity contribution < 1.29 is 4.74 Å². The first-order valence-corrected chi connectivity index (χ1v) is 12.2. The minimum Gasteiger partial charge on any atom is -0.379 e. The fourth-order valence-corrected chi connectivity index (χ4v) is 6.57. The molecule has 0 saturated carbocycles. The summed E-state index contributed by atoms with van der Waals surface area (Å²) in [5.41, 5.74) is 4.18. The molecule has 0 spiro atoms. The van der Waals surface area contributed by atoms with Crippen LogP contribution < -0.4 is 0 Å². The molecule has 0 amide bonds. The van der Waals surface area contributed by atoms with Gasteiger partial charge >= 0.3 is 0 Å². The molecule has 0 unspecified atom stereocenters. The van der Waals surface area contributed by atoms with Crippen LogP contribution in [-0.4, -0.2) is 41.2 Å². The van der Waals surface area contributed by atoms with Crippen LogP contribution in [0.5, 0.6) is 0 Å². The van der Waals surface area contributed by atoms with Gasteiger partial charge in [0.05, 0.1) is 19.8 Å². The third-order valence-electron chi connectivity index (χ3n) is 5.99. The Morgan fingerprint density at radius 1 is 1.07 bits per heavy atom. The Balaban J connectivity index is 1.56. The fourth-order valence-electron chi connectivity index (χ4n) is 4.16. The number of hydrogen-bond acceptors (Lipinski definition) is 6. The summed E-state index contributed by atoms with van der Waals surface area (Å²) in [5.74, 6) is 0.948. The molecule has 2 aliphatic rings. The molecule has 1 aliphatic heterocycles. The fraction of sp³-hybridized carbons (Fsp3) is 0.478. The highest BCUT2D eigenvalue weighted by Gasteiger charge is 2.22. The minimum absolute atomic E-state index is 0.805. The molecule has 0 N–H and O–H groups in total. The second kappa shape index (κ2) is 8.34. The Kier molecular flexibility index (Phi) is 5.61. The van der Waals surface area contributed by atoms with E-state index in [-0.39, 0.29) is 0 Å². The smallest absolute Gasteiger partial charge is 0.145 e. The molecular weight excluding hydrogens is 398 g/mol. The maximum atomic E-state index is 5.50. The number of nitrogens with zero attached hydrogens (tertiary/aromatic N) is 3. The molecule has 4 nitrogen and oxygen atoms in total. The molecule has 1 aliphatic carbocycles. The van der Waals surface area contributed by atoms with Crippen LogP contribution >= 0.6 is 23.1 Å². The maximum absolute atomic E-state index is 5.50. The van der Waals surface area contributed by atoms with Gasteiger partial charge < -0.3 is 4.74 Å². The molecule has 0 bridgehead atoms. The Morgan fingerprint density at radius 2 is 1.90 bits per heavy atom. The molecule has 29 heavy (non-hydrogen) atoms. The van der Waals surface area contributed by atoms with E-state index in [0.717, 1.165) is 43.7 Å². The van der Waals surface area contributed by atoms with Crippen molar-refractivity contribution in [2.75, 3.05) is 26.3 Å². The molecular formula is C23H27N3OS2. The van der Waals surface area contributed by atoms with E-state index < -0.39 is 0 Å². The minimum atomic E-state index is 0.805. The molecule has 3 aromatic rings. The van der Waals surface area contributed by atoms with Crippen LogP contribution in [0.1, 0.15) is 40.2 Å². The zero-order valence-electron chi connectivity index (χ0n) is 17.2. The zero-order chi connectivity index (χ0) is 19.8. The number of benzene rings is 1. The second-order valence-corrected chi connectivity index (χ2v) is 10.2. The summed E-state index contributed by atoms with van der Waals surface area (Å²) in [6.07, 6.45) is 4.94. The summed E-state index contributed by atoms with van der Waals surface area (Å²) < 4.78 is 5.50. The van der Waals surface area contributed by atoms with Gasteiger partial charge in [-0.3, -0.25) is 4.90 Å². The topological polar surface area (TPSA) is 38.2 Å². The summed E-state index contributed by atoms with van der Waals surface area (Å²) in [7, 11) is 0. The largest absolute Gasteiger partial charge is 0.379 e. The number of ether oxygens (including phenoxy) is 1. The van der Waals surface area contributed by atoms with E-state index in [1.165, 1.54) is 62.4 Å². The molecule has 1 fully saturated rings. The Bertz CT molecular complexity index is 1040. The number of aromatic nitrogens is 2. The highest BCUT2D eigenvalue weighted by molar-refractivity contribution is 7.99. The van der Waals surface area contributed by atoms with Crippen LogP contribution in [0.3, 0.4) is 0 Å². The van der Waals surface area contributed by atoms with Gasteiger partial charge in [-0.05, 0) is 68.4 Å². The van der Waals surface area contributed by atoms with Gasteiger partial charge in [-0.25, -0.2) is 9.97 Å². The van der Waals surface area contributed by atoms with E-state index in [1.807, 2.05) is 11.3 Å². The molecule has 152 valence electrons. The van der Waals surface area contributed by atoms with E-state index in [1.54, 1.807) is 11.8 Å². The lowest BCUT2D eigenvalue weighted by atomic mass is 9.97. The Labute approximate surface area is 180 Å². The van der Waals surface area contributed by atoms with Crippen molar-refractivity contribution >= 4 is 33.3 Å². The first-order chi connectivity index (χ1) is 14.2. The Hall–Kier alpha value is -1.47. The molecule has 0 atom stereocenters. The van der Waals surface area contributed by atoms with Crippen LogP contribution in [0.4, 0.5) is 0 Å². The lowest BCUT2D eigenvalue weighted by molar-refractivity contribution is 0.0330. The van der Waals surface area contributed by atoms with Crippen LogP contribution in [0, 0.1) is 13.8 Å². The molecule has 5 rings (SSSR count). The summed E-state index contributed by atoms with van der Waals surface area (Å²) in [6, 6.07) is 6.73. The van der Waals surface area contributed by atoms with Gasteiger partial charge in [-0.15, -0.1) is 11.3 Å². The SMILES string of the molecule is Cc1ccc(Sc2nc(CN3CCOCC3)nc3sc4c(c23)CCCC4)cc1C. The predicted molar refractivity (Wildman–Crippen MR) is 120 cm³/mol. The van der Waals surface area contributed by atoms with E-state index >= 15 is 0 Å². The first kappa shape index (κ1) is 19.5. The summed E-state index contributed by atoms with van der Waals surface area (Å²) >= 11 is 3.70. The van der Waals surface area contributed by atoms with Gasteiger partial charge in [0, 0.05) is 28.2 Å². The number of rotatable bonds is 4. The third kappa shape index (κ3) is 4.08. The number of fused-ring (bicyclic) bond motifs is 3. The monoisotopic (exact) mass is 425 g/mol. The normalized spacial score (nSPS) is 17.6. The number of morpholine rings is 1. The number of thiophene rings is 1. The zero-order valence-corrected chi connectivity index (χ0v) is 18.8. The lowest BCUT2D eigenvalue weighted by Crippen LogP contribution is -2.36. The molecule has 1 saturated heterocycles. The molecule has 3 heterocycles. The van der Waals surface area contributed by atoms with Crippen LogP contribution in [0.15, 0.2) is 28.1 Å². The maximum Gasteiger partial charge on any atom is 0.145 e. The summed E-state index contributed by atoms with van der Waals surface area (Å²) in [5, 5.41) is 2.46. The van der Waals surface area contributed by atoms with Gasteiger partial charge in [-0.2, -0.15) is 0 Å². The summed E-state index contributed by atoms with van der Waals surface area (Å²) in [6.45, 7) is 8.69. The van der Waals surface area contributed by atoms with Crippen molar-refractivity contribution in [1.29, 1.82) is 0 Å². The second-order valence-electron chi connectivity index (χ2n) is 8.07. The average molecular weight is 426 g/mol. The van der Waals surface area contributed by atoms with Gasteiger partial charge in [0.1, 0.15) is 15.7 Å².